The van der Waals surface area contributed by atoms with Gasteiger partial charge in [-0.1, -0.05) is 24.4 Å². The quantitative estimate of drug-likeness (QED) is 0.391. The lowest BCUT2D eigenvalue weighted by molar-refractivity contribution is -0.174. The van der Waals surface area contributed by atoms with Crippen molar-refractivity contribution in [2.75, 3.05) is 24.3 Å². The first kappa shape index (κ1) is 26.3. The summed E-state index contributed by atoms with van der Waals surface area (Å²) in [6.07, 6.45) is 3.01. The Bertz CT molecular complexity index is 757. The van der Waals surface area contributed by atoms with Gasteiger partial charge in [-0.2, -0.15) is 13.2 Å². The number of hydrogen-bond donors (Lipinski definition) is 1. The highest BCUT2D eigenvalue weighted by molar-refractivity contribution is 8.01. The molecule has 1 saturated carbocycles. The number of rotatable bonds is 10. The molecule has 1 aromatic rings. The molecule has 1 saturated heterocycles. The normalized spacial score (nSPS) is 21.7. The summed E-state index contributed by atoms with van der Waals surface area (Å²) in [5.41, 5.74) is 0.497. The Labute approximate surface area is 197 Å². The van der Waals surface area contributed by atoms with E-state index >= 15 is 0 Å². The van der Waals surface area contributed by atoms with Crippen molar-refractivity contribution < 1.29 is 32.0 Å². The smallest absolute Gasteiger partial charge is 0.353 e. The van der Waals surface area contributed by atoms with Crippen molar-refractivity contribution in [3.63, 3.8) is 0 Å². The average Bonchev–Trinajstić information content (AvgIpc) is 3.25. The Morgan fingerprint density at radius 2 is 2.00 bits per heavy atom. The molecule has 6 nitrogen and oxygen atoms in total. The number of nitrogens with zero attached hydrogens (tertiary/aromatic N) is 1. The van der Waals surface area contributed by atoms with Gasteiger partial charge in [0.1, 0.15) is 0 Å². The van der Waals surface area contributed by atoms with Gasteiger partial charge in [0.05, 0.1) is 17.0 Å². The Morgan fingerprint density at radius 3 is 2.67 bits per heavy atom. The topological polar surface area (TPSA) is 73.6 Å². The number of carbonyl (C=O) groups is 1. The van der Waals surface area contributed by atoms with Crippen LogP contribution >= 0.6 is 11.8 Å². The van der Waals surface area contributed by atoms with Crippen molar-refractivity contribution in [3.8, 4) is 0 Å². The van der Waals surface area contributed by atoms with E-state index in [9.17, 15) is 18.0 Å². The third kappa shape index (κ3) is 7.89. The predicted octanol–water partition coefficient (Wildman–Crippen LogP) is 6.21. The van der Waals surface area contributed by atoms with Crippen LogP contribution in [0.3, 0.4) is 0 Å². The summed E-state index contributed by atoms with van der Waals surface area (Å²) in [6, 6.07) is 1.76. The van der Waals surface area contributed by atoms with E-state index in [1.165, 1.54) is 18.2 Å². The van der Waals surface area contributed by atoms with Gasteiger partial charge in [-0.25, -0.2) is 0 Å². The Hall–Kier alpha value is -1.26. The zero-order valence-corrected chi connectivity index (χ0v) is 20.3. The fourth-order valence-corrected chi connectivity index (χ4v) is 5.29. The maximum atomic E-state index is 12.7. The molecule has 1 amide bonds. The molecular weight excluding hydrogens is 457 g/mol. The number of carbonyl (C=O) groups excluding carboxylic acids is 1. The van der Waals surface area contributed by atoms with Gasteiger partial charge in [-0.15, -0.1) is 11.8 Å². The van der Waals surface area contributed by atoms with E-state index in [2.05, 4.69) is 10.5 Å². The SMILES string of the molecule is CC(C)(SCCCC(F)(F)F)C(=O)Nc1cc(C2(COC3CCCCO3)CCCCC2)no1. The molecule has 1 unspecified atom stereocenters. The maximum absolute atomic E-state index is 12.7. The molecule has 1 atom stereocenters. The summed E-state index contributed by atoms with van der Waals surface area (Å²) in [7, 11) is 0. The van der Waals surface area contributed by atoms with Crippen LogP contribution in [0, 0.1) is 0 Å². The van der Waals surface area contributed by atoms with E-state index in [0.717, 1.165) is 57.2 Å². The van der Waals surface area contributed by atoms with Crippen LogP contribution in [0.15, 0.2) is 10.6 Å². The highest BCUT2D eigenvalue weighted by Crippen LogP contribution is 2.41. The molecule has 0 spiro atoms. The van der Waals surface area contributed by atoms with Crippen LogP contribution in [0.4, 0.5) is 19.1 Å². The van der Waals surface area contributed by atoms with E-state index in [1.807, 2.05) is 0 Å². The van der Waals surface area contributed by atoms with Gasteiger partial charge in [0.2, 0.25) is 11.8 Å². The van der Waals surface area contributed by atoms with Gasteiger partial charge >= 0.3 is 6.18 Å². The standard InChI is InChI=1S/C23H35F3N2O4S/c1-21(2,33-14-8-12-23(24,25)26)20(29)27-18-15-17(28-32-18)22(10-5-3-6-11-22)16-31-19-9-4-7-13-30-19/h15,19H,3-14,16H2,1-2H3,(H,27,29). The number of alkyl halides is 3. The summed E-state index contributed by atoms with van der Waals surface area (Å²) in [5.74, 6) is 0.162. The van der Waals surface area contributed by atoms with E-state index in [-0.39, 0.29) is 35.7 Å². The maximum Gasteiger partial charge on any atom is 0.389 e. The van der Waals surface area contributed by atoms with Crippen LogP contribution in [-0.4, -0.2) is 47.2 Å². The number of ether oxygens (including phenoxy) is 2. The highest BCUT2D eigenvalue weighted by Gasteiger charge is 2.39. The lowest BCUT2D eigenvalue weighted by atomic mass is 9.72. The molecule has 2 aliphatic rings. The van der Waals surface area contributed by atoms with Crippen LogP contribution in [-0.2, 0) is 19.7 Å². The molecule has 10 heteroatoms. The largest absolute Gasteiger partial charge is 0.389 e. The third-order valence-corrected chi connectivity index (χ3v) is 7.80. The first-order chi connectivity index (χ1) is 15.6. The zero-order chi connectivity index (χ0) is 24.0. The summed E-state index contributed by atoms with van der Waals surface area (Å²) < 4.78 is 53.4. The van der Waals surface area contributed by atoms with Crippen molar-refractivity contribution in [2.24, 2.45) is 0 Å². The molecule has 1 aliphatic heterocycles. The monoisotopic (exact) mass is 492 g/mol. The van der Waals surface area contributed by atoms with Crippen LogP contribution in [0.1, 0.15) is 83.7 Å². The summed E-state index contributed by atoms with van der Waals surface area (Å²) >= 11 is 1.20. The first-order valence-electron chi connectivity index (χ1n) is 11.8. The minimum absolute atomic E-state index is 0.0233. The Kier molecular flexibility index (Phi) is 9.14. The molecular formula is C23H35F3N2O4S. The van der Waals surface area contributed by atoms with E-state index in [4.69, 9.17) is 14.0 Å². The van der Waals surface area contributed by atoms with Crippen molar-refractivity contribution >= 4 is 23.6 Å². The fourth-order valence-electron chi connectivity index (χ4n) is 4.31. The summed E-state index contributed by atoms with van der Waals surface area (Å²) in [5, 5.41) is 7.02. The first-order valence-corrected chi connectivity index (χ1v) is 12.8. The predicted molar refractivity (Wildman–Crippen MR) is 121 cm³/mol. The number of anilines is 1. The second-order valence-corrected chi connectivity index (χ2v) is 11.3. The number of aromatic nitrogens is 1. The molecule has 33 heavy (non-hydrogen) atoms. The Morgan fingerprint density at radius 1 is 1.24 bits per heavy atom. The van der Waals surface area contributed by atoms with Gasteiger partial charge in [-0.05, 0) is 58.1 Å². The molecule has 1 aromatic heterocycles. The van der Waals surface area contributed by atoms with Gasteiger partial charge < -0.3 is 14.0 Å². The lowest BCUT2D eigenvalue weighted by Gasteiger charge is -2.36. The number of thioether (sulfide) groups is 1. The van der Waals surface area contributed by atoms with E-state index in [0.29, 0.717) is 6.61 Å². The van der Waals surface area contributed by atoms with E-state index < -0.39 is 17.3 Å². The van der Waals surface area contributed by atoms with Gasteiger partial charge in [0, 0.05) is 24.5 Å². The van der Waals surface area contributed by atoms with Crippen LogP contribution in [0.2, 0.25) is 0 Å². The number of nitrogens with one attached hydrogen (secondary N) is 1. The molecule has 0 aromatic carbocycles. The lowest BCUT2D eigenvalue weighted by Crippen LogP contribution is -2.37. The third-order valence-electron chi connectivity index (χ3n) is 6.40. The summed E-state index contributed by atoms with van der Waals surface area (Å²) in [6.45, 7) is 4.61. The molecule has 2 fully saturated rings. The molecule has 188 valence electrons. The van der Waals surface area contributed by atoms with Crippen LogP contribution < -0.4 is 5.32 Å². The molecule has 1 N–H and O–H groups in total. The van der Waals surface area contributed by atoms with Crippen LogP contribution in [0.25, 0.3) is 0 Å². The van der Waals surface area contributed by atoms with Gasteiger partial charge in [0.25, 0.3) is 0 Å². The molecule has 3 rings (SSSR count). The second kappa shape index (κ2) is 11.4. The highest BCUT2D eigenvalue weighted by atomic mass is 32.2. The van der Waals surface area contributed by atoms with Crippen molar-refractivity contribution in [1.29, 1.82) is 0 Å². The van der Waals surface area contributed by atoms with Crippen LogP contribution in [0.5, 0.6) is 0 Å². The minimum Gasteiger partial charge on any atom is -0.353 e. The van der Waals surface area contributed by atoms with Gasteiger partial charge in [0.15, 0.2) is 6.29 Å². The van der Waals surface area contributed by atoms with Crippen molar-refractivity contribution in [1.82, 2.24) is 5.16 Å². The fraction of sp³-hybridized carbons (Fsp3) is 0.826. The summed E-state index contributed by atoms with van der Waals surface area (Å²) in [4.78, 5) is 12.7. The van der Waals surface area contributed by atoms with Gasteiger partial charge in [-0.3, -0.25) is 10.1 Å². The zero-order valence-electron chi connectivity index (χ0n) is 19.5. The Balaban J connectivity index is 1.58. The van der Waals surface area contributed by atoms with Crippen molar-refractivity contribution in [3.05, 3.63) is 11.8 Å². The molecule has 2 heterocycles. The molecule has 0 radical (unpaired) electrons. The molecule has 1 aliphatic carbocycles. The number of hydrogen-bond acceptors (Lipinski definition) is 6. The minimum atomic E-state index is -4.18. The average molecular weight is 493 g/mol. The number of halogens is 3. The van der Waals surface area contributed by atoms with Crippen molar-refractivity contribution in [2.45, 2.75) is 101 Å². The number of amides is 1. The van der Waals surface area contributed by atoms with E-state index in [1.54, 1.807) is 19.9 Å². The second-order valence-electron chi connectivity index (χ2n) is 9.56. The molecule has 0 bridgehead atoms.